The number of aliphatic hydroxyl groups is 1. The molecule has 1 amide bonds. The van der Waals surface area contributed by atoms with Gasteiger partial charge in [-0.3, -0.25) is 14.0 Å². The molecule has 1 aliphatic heterocycles. The topological polar surface area (TPSA) is 132 Å². The lowest BCUT2D eigenvalue weighted by Gasteiger charge is -2.34. The second-order valence-corrected chi connectivity index (χ2v) is 9.61. The number of nitrogens with zero attached hydrogens (tertiary/aromatic N) is 3. The molecule has 3 heterocycles. The van der Waals surface area contributed by atoms with Gasteiger partial charge in [-0.2, -0.15) is 0 Å². The van der Waals surface area contributed by atoms with Crippen molar-refractivity contribution in [1.29, 1.82) is 0 Å². The quantitative estimate of drug-likeness (QED) is 0.534. The third-order valence-electron chi connectivity index (χ3n) is 7.28. The highest BCUT2D eigenvalue weighted by Crippen LogP contribution is 2.59. The van der Waals surface area contributed by atoms with E-state index >= 15 is 0 Å². The molecule has 2 atom stereocenters. The molecular formula is C26H25N5O4. The third kappa shape index (κ3) is 2.61. The summed E-state index contributed by atoms with van der Waals surface area (Å²) < 4.78 is 7.84. The van der Waals surface area contributed by atoms with Crippen molar-refractivity contribution in [3.63, 3.8) is 0 Å². The molecule has 2 aromatic heterocycles. The van der Waals surface area contributed by atoms with Gasteiger partial charge in [0.25, 0.3) is 11.7 Å². The number of aromatic nitrogens is 3. The number of amides is 1. The minimum Gasteiger partial charge on any atom is -0.454 e. The maximum Gasteiger partial charge on any atom is 0.270 e. The summed E-state index contributed by atoms with van der Waals surface area (Å²) in [5.74, 6) is -2.03. The number of allylic oxidation sites excluding steroid dienone is 2. The van der Waals surface area contributed by atoms with E-state index in [-0.39, 0.29) is 17.1 Å². The second kappa shape index (κ2) is 7.02. The number of benzene rings is 1. The van der Waals surface area contributed by atoms with Gasteiger partial charge in [0, 0.05) is 28.6 Å². The van der Waals surface area contributed by atoms with Crippen LogP contribution in [0.25, 0.3) is 5.65 Å². The maximum atomic E-state index is 14.1. The van der Waals surface area contributed by atoms with Gasteiger partial charge in [-0.15, -0.1) is 10.2 Å². The van der Waals surface area contributed by atoms with E-state index in [2.05, 4.69) is 15.5 Å². The van der Waals surface area contributed by atoms with Crippen molar-refractivity contribution < 1.29 is 19.4 Å². The van der Waals surface area contributed by atoms with Crippen molar-refractivity contribution in [2.24, 2.45) is 5.73 Å². The predicted octanol–water partition coefficient (Wildman–Crippen LogP) is 2.38. The Labute approximate surface area is 201 Å². The van der Waals surface area contributed by atoms with Crippen LogP contribution in [0.15, 0.2) is 59.4 Å². The van der Waals surface area contributed by atoms with Crippen LogP contribution in [-0.2, 0) is 10.3 Å². The smallest absolute Gasteiger partial charge is 0.270 e. The summed E-state index contributed by atoms with van der Waals surface area (Å²) in [6.07, 6.45) is 4.57. The van der Waals surface area contributed by atoms with Crippen LogP contribution in [0.5, 0.6) is 5.75 Å². The number of fused-ring (bicyclic) bond motifs is 6. The van der Waals surface area contributed by atoms with Gasteiger partial charge in [0.05, 0.1) is 5.56 Å². The molecular weight excluding hydrogens is 446 g/mol. The summed E-state index contributed by atoms with van der Waals surface area (Å²) in [5.41, 5.74) is 7.19. The molecule has 2 aliphatic carbocycles. The Morgan fingerprint density at radius 1 is 1.29 bits per heavy atom. The van der Waals surface area contributed by atoms with Gasteiger partial charge in [0.2, 0.25) is 11.3 Å². The first kappa shape index (κ1) is 21.5. The number of nitrogens with two attached hydrogens (primary N) is 1. The van der Waals surface area contributed by atoms with Crippen LogP contribution in [0, 0.1) is 6.92 Å². The van der Waals surface area contributed by atoms with E-state index in [4.69, 9.17) is 10.5 Å². The highest BCUT2D eigenvalue weighted by molar-refractivity contribution is 6.16. The van der Waals surface area contributed by atoms with Crippen LogP contribution in [0.2, 0.25) is 0 Å². The Bertz CT molecular complexity index is 1520. The Morgan fingerprint density at radius 2 is 2.09 bits per heavy atom. The Morgan fingerprint density at radius 3 is 2.86 bits per heavy atom. The molecule has 0 saturated heterocycles. The molecule has 0 spiro atoms. The molecule has 3 aliphatic rings. The molecule has 9 heteroatoms. The molecule has 4 N–H and O–H groups in total. The van der Waals surface area contributed by atoms with Gasteiger partial charge in [-0.1, -0.05) is 32.1 Å². The van der Waals surface area contributed by atoms with Crippen molar-refractivity contribution in [3.05, 3.63) is 82.0 Å². The van der Waals surface area contributed by atoms with E-state index in [1.165, 1.54) is 0 Å². The standard InChI is InChI=1S/C26H25N5O4/c1-13(2)15-9-10-17-20(12-15)35-26(34)18-7-4-8-19(27)21(18)22(32)25(17,26)28-24(33)16-6-5-11-31-14(3)29-30-23(16)31/h5-7,9-13,34H,4,8,27H2,1-3H3,(H,28,33). The second-order valence-electron chi connectivity index (χ2n) is 9.61. The van der Waals surface area contributed by atoms with E-state index < -0.39 is 23.0 Å². The van der Waals surface area contributed by atoms with Crippen molar-refractivity contribution in [2.45, 2.75) is 50.9 Å². The van der Waals surface area contributed by atoms with E-state index in [0.717, 1.165) is 5.56 Å². The first-order valence-electron chi connectivity index (χ1n) is 11.6. The molecule has 1 aromatic carbocycles. The zero-order valence-corrected chi connectivity index (χ0v) is 19.6. The number of rotatable bonds is 3. The number of ketones is 1. The fraction of sp³-hybridized carbons (Fsp3) is 0.308. The zero-order chi connectivity index (χ0) is 24.7. The van der Waals surface area contributed by atoms with Gasteiger partial charge in [0.15, 0.2) is 5.65 Å². The molecule has 9 nitrogen and oxygen atoms in total. The minimum absolute atomic E-state index is 0.203. The first-order chi connectivity index (χ1) is 16.7. The van der Waals surface area contributed by atoms with Crippen LogP contribution in [0.4, 0.5) is 0 Å². The van der Waals surface area contributed by atoms with Crippen LogP contribution >= 0.6 is 0 Å². The van der Waals surface area contributed by atoms with Crippen LogP contribution in [0.3, 0.4) is 0 Å². The van der Waals surface area contributed by atoms with E-state index in [9.17, 15) is 14.7 Å². The number of nitrogens with one attached hydrogen (secondary N) is 1. The minimum atomic E-state index is -2.13. The number of pyridine rings is 1. The van der Waals surface area contributed by atoms with Crippen molar-refractivity contribution in [2.75, 3.05) is 0 Å². The Kier molecular flexibility index (Phi) is 4.32. The maximum absolute atomic E-state index is 14.1. The molecule has 2 unspecified atom stereocenters. The van der Waals surface area contributed by atoms with Gasteiger partial charge in [0.1, 0.15) is 11.6 Å². The van der Waals surface area contributed by atoms with E-state index in [1.807, 2.05) is 26.0 Å². The van der Waals surface area contributed by atoms with Crippen LogP contribution < -0.4 is 15.8 Å². The summed E-state index contributed by atoms with van der Waals surface area (Å²) in [6.45, 7) is 5.86. The molecule has 1 fully saturated rings. The average Bonchev–Trinajstić information content (AvgIpc) is 3.39. The zero-order valence-electron chi connectivity index (χ0n) is 19.6. The summed E-state index contributed by atoms with van der Waals surface area (Å²) in [6, 6.07) is 8.76. The van der Waals surface area contributed by atoms with Crippen molar-refractivity contribution in [1.82, 2.24) is 19.9 Å². The molecule has 0 radical (unpaired) electrons. The third-order valence-corrected chi connectivity index (χ3v) is 7.28. The van der Waals surface area contributed by atoms with E-state index in [0.29, 0.717) is 46.9 Å². The molecule has 35 heavy (non-hydrogen) atoms. The lowest BCUT2D eigenvalue weighted by atomic mass is 9.82. The number of hydrogen-bond donors (Lipinski definition) is 3. The van der Waals surface area contributed by atoms with Gasteiger partial charge >= 0.3 is 0 Å². The molecule has 0 bridgehead atoms. The van der Waals surface area contributed by atoms with Crippen LogP contribution in [-0.4, -0.2) is 37.2 Å². The Balaban J connectivity index is 1.57. The number of hydrogen-bond acceptors (Lipinski definition) is 7. The van der Waals surface area contributed by atoms with E-state index in [1.54, 1.807) is 41.8 Å². The first-order valence-corrected chi connectivity index (χ1v) is 11.6. The molecule has 6 rings (SSSR count). The highest BCUT2D eigenvalue weighted by Gasteiger charge is 2.74. The number of carbonyl (C=O) groups is 2. The van der Waals surface area contributed by atoms with Gasteiger partial charge in [-0.25, -0.2) is 0 Å². The number of aryl methyl sites for hydroxylation is 1. The molecule has 3 aromatic rings. The van der Waals surface area contributed by atoms with Crippen molar-refractivity contribution >= 4 is 17.3 Å². The van der Waals surface area contributed by atoms with Crippen molar-refractivity contribution in [3.8, 4) is 5.75 Å². The summed E-state index contributed by atoms with van der Waals surface area (Å²) >= 11 is 0. The Hall–Kier alpha value is -3.98. The normalized spacial score (nSPS) is 24.8. The number of Topliss-reactive ketones (excluding diaryl/α,β-unsaturated/α-hetero) is 1. The highest BCUT2D eigenvalue weighted by atomic mass is 16.6. The van der Waals surface area contributed by atoms with Gasteiger partial charge in [-0.05, 0) is 49.4 Å². The lowest BCUT2D eigenvalue weighted by molar-refractivity contribution is -0.152. The van der Waals surface area contributed by atoms with Gasteiger partial charge < -0.3 is 20.9 Å². The fourth-order valence-electron chi connectivity index (χ4n) is 5.43. The largest absolute Gasteiger partial charge is 0.454 e. The SMILES string of the molecule is Cc1nnc2c(C(=O)NC34C(=O)C5=C(N)CCC=C5C3(O)Oc3cc(C(C)C)ccc34)cccn12. The number of ether oxygens (including phenoxy) is 1. The fourth-order valence-corrected chi connectivity index (χ4v) is 5.43. The molecule has 178 valence electrons. The average molecular weight is 472 g/mol. The predicted molar refractivity (Wildman–Crippen MR) is 127 cm³/mol. The summed E-state index contributed by atoms with van der Waals surface area (Å²) in [7, 11) is 0. The van der Waals surface area contributed by atoms with Crippen LogP contribution in [0.1, 0.15) is 59.9 Å². The summed E-state index contributed by atoms with van der Waals surface area (Å²) in [5, 5.41) is 23.1. The monoisotopic (exact) mass is 471 g/mol. The molecule has 1 saturated carbocycles. The lowest BCUT2D eigenvalue weighted by Crippen LogP contribution is -2.62. The number of carbonyl (C=O) groups excluding carboxylic acids is 2. The summed E-state index contributed by atoms with van der Waals surface area (Å²) in [4.78, 5) is 27.9.